The lowest BCUT2D eigenvalue weighted by atomic mass is 10.1. The van der Waals surface area contributed by atoms with Gasteiger partial charge in [-0.05, 0) is 18.1 Å². The Balaban J connectivity index is 1.83. The molecule has 0 amide bonds. The van der Waals surface area contributed by atoms with Crippen LogP contribution in [-0.2, 0) is 12.4 Å². The molecule has 0 fully saturated rings. The van der Waals surface area contributed by atoms with E-state index in [0.29, 0.717) is 12.4 Å². The maximum absolute atomic E-state index is 5.80. The molecule has 0 aliphatic carbocycles. The summed E-state index contributed by atoms with van der Waals surface area (Å²) in [6.45, 7) is 2.69. The van der Waals surface area contributed by atoms with E-state index in [2.05, 4.69) is 39.8 Å². The lowest BCUT2D eigenvalue weighted by molar-refractivity contribution is 0.982. The van der Waals surface area contributed by atoms with E-state index in [-0.39, 0.29) is 0 Å². The summed E-state index contributed by atoms with van der Waals surface area (Å²) in [7, 11) is 0. The van der Waals surface area contributed by atoms with E-state index in [0.717, 1.165) is 27.8 Å². The third kappa shape index (κ3) is 2.98. The molecule has 0 spiro atoms. The summed E-state index contributed by atoms with van der Waals surface area (Å²) >= 11 is 5.80. The number of alkyl halides is 1. The second kappa shape index (κ2) is 6.10. The molecule has 4 heteroatoms. The van der Waals surface area contributed by atoms with Crippen LogP contribution in [0, 0.1) is 6.92 Å². The third-order valence-electron chi connectivity index (χ3n) is 3.51. The Hall–Kier alpha value is -2.13. The second-order valence-electron chi connectivity index (χ2n) is 4.98. The molecule has 0 atom stereocenters. The van der Waals surface area contributed by atoms with Gasteiger partial charge in [-0.25, -0.2) is 0 Å². The first-order valence-corrected chi connectivity index (χ1v) is 7.41. The van der Waals surface area contributed by atoms with Crippen LogP contribution < -0.4 is 5.32 Å². The highest BCUT2D eigenvalue weighted by Gasteiger charge is 2.05. The topological polar surface area (TPSA) is 37.8 Å². The van der Waals surface area contributed by atoms with E-state index in [4.69, 9.17) is 11.6 Å². The van der Waals surface area contributed by atoms with Gasteiger partial charge >= 0.3 is 0 Å². The van der Waals surface area contributed by atoms with Crippen molar-refractivity contribution in [3.05, 3.63) is 65.4 Å². The number of hydrogen-bond acceptors (Lipinski definition) is 3. The van der Waals surface area contributed by atoms with Crippen molar-refractivity contribution in [2.75, 3.05) is 5.32 Å². The molecule has 0 aliphatic heterocycles. The number of halogens is 1. The molecule has 1 heterocycles. The molecule has 106 valence electrons. The largest absolute Gasteiger partial charge is 0.364 e. The molecule has 1 N–H and O–H groups in total. The Kier molecular flexibility index (Phi) is 4.02. The molecule has 2 aromatic carbocycles. The number of fused-ring (bicyclic) bond motifs is 1. The summed E-state index contributed by atoms with van der Waals surface area (Å²) < 4.78 is 0. The van der Waals surface area contributed by atoms with Crippen molar-refractivity contribution in [3.63, 3.8) is 0 Å². The fraction of sp³-hybridized carbons (Fsp3) is 0.176. The number of rotatable bonds is 4. The molecule has 1 aromatic heterocycles. The highest BCUT2D eigenvalue weighted by molar-refractivity contribution is 6.17. The van der Waals surface area contributed by atoms with Crippen LogP contribution in [0.1, 0.15) is 16.8 Å². The SMILES string of the molecule is Cc1nnc(NCc2ccc(CCl)cc2)c2ccccc12. The van der Waals surface area contributed by atoms with E-state index in [1.807, 2.05) is 31.2 Å². The van der Waals surface area contributed by atoms with Gasteiger partial charge in [0.15, 0.2) is 5.82 Å². The van der Waals surface area contributed by atoms with E-state index < -0.39 is 0 Å². The van der Waals surface area contributed by atoms with Crippen LogP contribution in [0.5, 0.6) is 0 Å². The fourth-order valence-electron chi connectivity index (χ4n) is 2.30. The van der Waals surface area contributed by atoms with E-state index in [1.54, 1.807) is 0 Å². The molecular formula is C17H16ClN3. The molecular weight excluding hydrogens is 282 g/mol. The van der Waals surface area contributed by atoms with Crippen LogP contribution in [0.3, 0.4) is 0 Å². The summed E-state index contributed by atoms with van der Waals surface area (Å²) in [5.74, 6) is 1.36. The first kappa shape index (κ1) is 13.8. The molecule has 0 bridgehead atoms. The van der Waals surface area contributed by atoms with Crippen molar-refractivity contribution in [1.29, 1.82) is 0 Å². The van der Waals surface area contributed by atoms with Gasteiger partial charge in [-0.3, -0.25) is 0 Å². The normalized spacial score (nSPS) is 10.8. The summed E-state index contributed by atoms with van der Waals surface area (Å²) in [4.78, 5) is 0. The lowest BCUT2D eigenvalue weighted by Gasteiger charge is -2.09. The van der Waals surface area contributed by atoms with Crippen LogP contribution in [0.25, 0.3) is 10.8 Å². The van der Waals surface area contributed by atoms with Gasteiger partial charge in [0.1, 0.15) is 0 Å². The van der Waals surface area contributed by atoms with E-state index >= 15 is 0 Å². The minimum Gasteiger partial charge on any atom is -0.364 e. The van der Waals surface area contributed by atoms with Crippen molar-refractivity contribution in [2.45, 2.75) is 19.3 Å². The standard InChI is InChI=1S/C17H16ClN3/c1-12-15-4-2-3-5-16(15)17(21-20-12)19-11-14-8-6-13(10-18)7-9-14/h2-9H,10-11H2,1H3,(H,19,21). The molecule has 0 saturated heterocycles. The van der Waals surface area contributed by atoms with Crippen LogP contribution in [0.2, 0.25) is 0 Å². The zero-order chi connectivity index (χ0) is 14.7. The number of hydrogen-bond donors (Lipinski definition) is 1. The van der Waals surface area contributed by atoms with Crippen LogP contribution in [0.4, 0.5) is 5.82 Å². The summed E-state index contributed by atoms with van der Waals surface area (Å²) in [6, 6.07) is 16.4. The fourth-order valence-corrected chi connectivity index (χ4v) is 2.48. The Labute approximate surface area is 129 Å². The summed E-state index contributed by atoms with van der Waals surface area (Å²) in [6.07, 6.45) is 0. The van der Waals surface area contributed by atoms with Crippen molar-refractivity contribution in [3.8, 4) is 0 Å². The highest BCUT2D eigenvalue weighted by atomic mass is 35.5. The van der Waals surface area contributed by atoms with E-state index in [1.165, 1.54) is 5.56 Å². The molecule has 3 rings (SSSR count). The van der Waals surface area contributed by atoms with Gasteiger partial charge in [-0.2, -0.15) is 5.10 Å². The van der Waals surface area contributed by atoms with Gasteiger partial charge in [-0.1, -0.05) is 48.5 Å². The molecule has 0 radical (unpaired) electrons. The monoisotopic (exact) mass is 297 g/mol. The molecule has 0 aliphatic rings. The third-order valence-corrected chi connectivity index (χ3v) is 3.82. The minimum atomic E-state index is 0.543. The average molecular weight is 298 g/mol. The van der Waals surface area contributed by atoms with Crippen molar-refractivity contribution in [2.24, 2.45) is 0 Å². The number of benzene rings is 2. The van der Waals surface area contributed by atoms with Gasteiger partial charge in [0.2, 0.25) is 0 Å². The van der Waals surface area contributed by atoms with E-state index in [9.17, 15) is 0 Å². The van der Waals surface area contributed by atoms with Crippen molar-refractivity contribution in [1.82, 2.24) is 10.2 Å². The predicted octanol–water partition coefficient (Wildman–Crippen LogP) is 4.29. The predicted molar refractivity (Wildman–Crippen MR) is 87.6 cm³/mol. The highest BCUT2D eigenvalue weighted by Crippen LogP contribution is 2.22. The number of aromatic nitrogens is 2. The summed E-state index contributed by atoms with van der Waals surface area (Å²) in [5.41, 5.74) is 3.26. The lowest BCUT2D eigenvalue weighted by Crippen LogP contribution is -2.04. The minimum absolute atomic E-state index is 0.543. The van der Waals surface area contributed by atoms with Gasteiger partial charge in [0.05, 0.1) is 5.69 Å². The Morgan fingerprint density at radius 2 is 1.57 bits per heavy atom. The van der Waals surface area contributed by atoms with Gasteiger partial charge in [0.25, 0.3) is 0 Å². The van der Waals surface area contributed by atoms with Gasteiger partial charge in [0, 0.05) is 23.2 Å². The Morgan fingerprint density at radius 1 is 0.905 bits per heavy atom. The average Bonchev–Trinajstić information content (AvgIpc) is 2.55. The van der Waals surface area contributed by atoms with Gasteiger partial charge < -0.3 is 5.32 Å². The number of nitrogens with zero attached hydrogens (tertiary/aromatic N) is 2. The number of aryl methyl sites for hydroxylation is 1. The van der Waals surface area contributed by atoms with Gasteiger partial charge in [-0.15, -0.1) is 16.7 Å². The van der Waals surface area contributed by atoms with Crippen molar-refractivity contribution < 1.29 is 0 Å². The molecule has 0 unspecified atom stereocenters. The van der Waals surface area contributed by atoms with Crippen molar-refractivity contribution >= 4 is 28.2 Å². The first-order chi connectivity index (χ1) is 10.3. The molecule has 3 aromatic rings. The zero-order valence-electron chi connectivity index (χ0n) is 11.8. The van der Waals surface area contributed by atoms with Crippen LogP contribution >= 0.6 is 11.6 Å². The quantitative estimate of drug-likeness (QED) is 0.730. The maximum Gasteiger partial charge on any atom is 0.156 e. The Bertz CT molecular complexity index is 754. The second-order valence-corrected chi connectivity index (χ2v) is 5.25. The van der Waals surface area contributed by atoms with Crippen LogP contribution in [0.15, 0.2) is 48.5 Å². The smallest absolute Gasteiger partial charge is 0.156 e. The molecule has 0 saturated carbocycles. The zero-order valence-corrected chi connectivity index (χ0v) is 12.6. The summed E-state index contributed by atoms with van der Waals surface area (Å²) in [5, 5.41) is 14.1. The number of nitrogens with one attached hydrogen (secondary N) is 1. The number of anilines is 1. The molecule has 3 nitrogen and oxygen atoms in total. The van der Waals surface area contributed by atoms with Crippen LogP contribution in [-0.4, -0.2) is 10.2 Å². The maximum atomic E-state index is 5.80. The molecule has 21 heavy (non-hydrogen) atoms. The Morgan fingerprint density at radius 3 is 2.29 bits per heavy atom. The first-order valence-electron chi connectivity index (χ1n) is 6.87.